The zero-order valence-electron chi connectivity index (χ0n) is 15.4. The van der Waals surface area contributed by atoms with Crippen molar-refractivity contribution in [3.63, 3.8) is 0 Å². The fraction of sp³-hybridized carbons (Fsp3) is 0.217. The lowest BCUT2D eigenvalue weighted by Crippen LogP contribution is -2.33. The maximum atomic E-state index is 3.39. The third-order valence-electron chi connectivity index (χ3n) is 4.56. The molecule has 4 nitrogen and oxygen atoms in total. The van der Waals surface area contributed by atoms with Crippen molar-refractivity contribution in [3.8, 4) is 0 Å². The van der Waals surface area contributed by atoms with Gasteiger partial charge in [-0.2, -0.15) is 0 Å². The minimum absolute atomic E-state index is 0.860. The summed E-state index contributed by atoms with van der Waals surface area (Å²) >= 11 is 0. The summed E-state index contributed by atoms with van der Waals surface area (Å²) in [6, 6.07) is 21.0. The minimum Gasteiger partial charge on any atom is -0.351 e. The molecule has 2 aromatic heterocycles. The van der Waals surface area contributed by atoms with Crippen LogP contribution < -0.4 is 9.13 Å². The van der Waals surface area contributed by atoms with Crippen LogP contribution in [0.4, 0.5) is 0 Å². The van der Waals surface area contributed by atoms with Gasteiger partial charge in [0, 0.05) is 6.42 Å². The second-order valence-corrected chi connectivity index (χ2v) is 6.76. The molecule has 136 valence electrons. The van der Waals surface area contributed by atoms with Gasteiger partial charge in [0.05, 0.1) is 26.2 Å². The Morgan fingerprint density at radius 3 is 2.11 bits per heavy atom. The topological polar surface area (TPSA) is 17.6 Å². The molecule has 0 unspecified atom stereocenters. The van der Waals surface area contributed by atoms with Crippen LogP contribution in [-0.2, 0) is 26.2 Å². The Morgan fingerprint density at radius 2 is 1.33 bits per heavy atom. The van der Waals surface area contributed by atoms with E-state index in [1.165, 1.54) is 11.1 Å². The van der Waals surface area contributed by atoms with Crippen molar-refractivity contribution in [2.75, 3.05) is 0 Å². The van der Waals surface area contributed by atoms with Crippen LogP contribution in [0.1, 0.15) is 17.5 Å². The zero-order chi connectivity index (χ0) is 18.3. The first kappa shape index (κ1) is 17.3. The highest BCUT2D eigenvalue weighted by atomic mass is 15.1. The summed E-state index contributed by atoms with van der Waals surface area (Å²) < 4.78 is 8.46. The maximum absolute atomic E-state index is 3.39. The minimum atomic E-state index is 0.860. The average Bonchev–Trinajstić information content (AvgIpc) is 3.33. The molecule has 0 fully saturated rings. The fourth-order valence-electron chi connectivity index (χ4n) is 3.18. The molecule has 4 aromatic rings. The molecule has 0 atom stereocenters. The number of rotatable bonds is 8. The van der Waals surface area contributed by atoms with E-state index in [1.807, 2.05) is 12.1 Å². The van der Waals surface area contributed by atoms with Crippen LogP contribution in [0.3, 0.4) is 0 Å². The van der Waals surface area contributed by atoms with Gasteiger partial charge in [0.1, 0.15) is 0 Å². The van der Waals surface area contributed by atoms with Crippen LogP contribution in [0.25, 0.3) is 0 Å². The van der Waals surface area contributed by atoms with E-state index in [9.17, 15) is 0 Å². The Labute approximate surface area is 160 Å². The van der Waals surface area contributed by atoms with Gasteiger partial charge in [-0.25, -0.2) is 0 Å². The standard InChI is InChI=1S/C23H24N4/c1-3-8-22(9-4-1)18-26-16-14-24(20-26)12-7-13-25-15-17-27(21-25)19-23-10-5-2-6-11-23/h1-6,8-11,14-17H,7,12-13,18-19H2. The van der Waals surface area contributed by atoms with E-state index in [1.54, 1.807) is 0 Å². The summed E-state index contributed by atoms with van der Waals surface area (Å²) in [5, 5.41) is 0. The third-order valence-corrected chi connectivity index (χ3v) is 4.56. The molecule has 2 aromatic carbocycles. The monoisotopic (exact) mass is 356 g/mol. The summed E-state index contributed by atoms with van der Waals surface area (Å²) in [6.07, 6.45) is 16.2. The van der Waals surface area contributed by atoms with Gasteiger partial charge < -0.3 is 18.3 Å². The Hall–Kier alpha value is -3.14. The Kier molecular flexibility index (Phi) is 5.44. The van der Waals surface area contributed by atoms with Gasteiger partial charge in [-0.05, 0) is 35.9 Å². The number of imidazole rings is 2. The molecule has 27 heavy (non-hydrogen) atoms. The normalized spacial score (nSPS) is 11.0. The van der Waals surface area contributed by atoms with Crippen LogP contribution in [0.15, 0.2) is 85.5 Å². The van der Waals surface area contributed by atoms with Crippen LogP contribution in [0.5, 0.6) is 0 Å². The molecule has 0 radical (unpaired) electrons. The number of nitrogens with zero attached hydrogens (tertiary/aromatic N) is 4. The van der Waals surface area contributed by atoms with Gasteiger partial charge >= 0.3 is 0 Å². The Bertz CT molecular complexity index is 874. The first-order valence-corrected chi connectivity index (χ1v) is 9.39. The first-order chi connectivity index (χ1) is 13.3. The highest BCUT2D eigenvalue weighted by molar-refractivity contribution is 5.15. The number of hydrogen-bond acceptors (Lipinski definition) is 0. The molecule has 0 saturated heterocycles. The van der Waals surface area contributed by atoms with E-state index in [0.29, 0.717) is 0 Å². The van der Waals surface area contributed by atoms with Gasteiger partial charge in [0.15, 0.2) is 0 Å². The van der Waals surface area contributed by atoms with Crippen LogP contribution in [0.2, 0.25) is 0 Å². The van der Waals surface area contributed by atoms with Gasteiger partial charge in [-0.1, -0.05) is 60.7 Å². The number of hydrogen-bond donors (Lipinski definition) is 0. The Morgan fingerprint density at radius 1 is 0.704 bits per heavy atom. The summed E-state index contributed by atoms with van der Waals surface area (Å²) in [7, 11) is 0. The predicted octanol–water partition coefficient (Wildman–Crippen LogP) is 2.65. The summed E-state index contributed by atoms with van der Waals surface area (Å²) in [4.78, 5) is 0. The van der Waals surface area contributed by atoms with Gasteiger partial charge in [-0.3, -0.25) is 0 Å². The summed E-state index contributed by atoms with van der Waals surface area (Å²) in [5.41, 5.74) is 2.59. The van der Waals surface area contributed by atoms with E-state index in [4.69, 9.17) is 0 Å². The number of benzene rings is 2. The van der Waals surface area contributed by atoms with Gasteiger partial charge in [-0.15, -0.1) is 0 Å². The van der Waals surface area contributed by atoms with Crippen molar-refractivity contribution < 1.29 is 9.13 Å². The third kappa shape index (κ3) is 4.94. The molecule has 0 bridgehead atoms. The van der Waals surface area contributed by atoms with Gasteiger partial charge in [0.2, 0.25) is 12.7 Å². The second kappa shape index (κ2) is 8.49. The maximum Gasteiger partial charge on any atom is 0.204 e. The number of aromatic nitrogens is 4. The largest absolute Gasteiger partial charge is 0.351 e. The van der Waals surface area contributed by atoms with Crippen molar-refractivity contribution in [2.24, 2.45) is 0 Å². The highest BCUT2D eigenvalue weighted by Gasteiger charge is 2.01. The van der Waals surface area contributed by atoms with Crippen molar-refractivity contribution in [2.45, 2.75) is 32.6 Å². The molecule has 0 saturated carbocycles. The molecular weight excluding hydrogens is 332 g/mol. The lowest BCUT2D eigenvalue weighted by molar-refractivity contribution is -0.701. The Balaban J connectivity index is 1.25. The molecule has 0 aliphatic carbocycles. The predicted molar refractivity (Wildman–Crippen MR) is 103 cm³/mol. The van der Waals surface area contributed by atoms with E-state index in [-0.39, 0.29) is 0 Å². The van der Waals surface area contributed by atoms with E-state index < -0.39 is 0 Å². The molecule has 2 heterocycles. The summed E-state index contributed by atoms with van der Waals surface area (Å²) in [5.74, 6) is 0. The molecule has 0 N–H and O–H groups in total. The van der Waals surface area contributed by atoms with Crippen LogP contribution in [0, 0.1) is 12.7 Å². The molecular formula is C23H24N4. The zero-order valence-corrected chi connectivity index (χ0v) is 15.4. The van der Waals surface area contributed by atoms with Crippen molar-refractivity contribution in [1.29, 1.82) is 0 Å². The highest BCUT2D eigenvalue weighted by Crippen LogP contribution is 2.01. The first-order valence-electron chi connectivity index (χ1n) is 9.39. The van der Waals surface area contributed by atoms with Crippen LogP contribution >= 0.6 is 0 Å². The lowest BCUT2D eigenvalue weighted by atomic mass is 10.2. The van der Waals surface area contributed by atoms with Crippen molar-refractivity contribution in [3.05, 3.63) is 109 Å². The van der Waals surface area contributed by atoms with Crippen molar-refractivity contribution >= 4 is 0 Å². The van der Waals surface area contributed by atoms with E-state index in [2.05, 4.69) is 104 Å². The van der Waals surface area contributed by atoms with Gasteiger partial charge in [0.25, 0.3) is 0 Å². The van der Waals surface area contributed by atoms with E-state index in [0.717, 1.165) is 32.6 Å². The molecule has 4 heteroatoms. The molecule has 0 amide bonds. The summed E-state index contributed by atoms with van der Waals surface area (Å²) in [6.45, 7) is 3.62. The molecule has 0 spiro atoms. The van der Waals surface area contributed by atoms with E-state index >= 15 is 0 Å². The SMILES string of the molecule is [c-]1n(Cc2ccccc2)cc[n+]1CCCn1[c-][n+](Cc2ccccc2)cc1. The second-order valence-electron chi connectivity index (χ2n) is 6.76. The smallest absolute Gasteiger partial charge is 0.204 e. The molecule has 0 aliphatic rings. The molecule has 0 aliphatic heterocycles. The number of aryl methyl sites for hydroxylation is 2. The fourth-order valence-corrected chi connectivity index (χ4v) is 3.18. The van der Waals surface area contributed by atoms with Crippen LogP contribution in [-0.4, -0.2) is 9.13 Å². The quantitative estimate of drug-likeness (QED) is 0.341. The van der Waals surface area contributed by atoms with Crippen molar-refractivity contribution in [1.82, 2.24) is 9.13 Å². The molecule has 4 rings (SSSR count). The average molecular weight is 356 g/mol. The lowest BCUT2D eigenvalue weighted by Gasteiger charge is -2.03.